The summed E-state index contributed by atoms with van der Waals surface area (Å²) in [5.74, 6) is 0.343. The first kappa shape index (κ1) is 41.2. The van der Waals surface area contributed by atoms with Crippen molar-refractivity contribution in [3.8, 4) is 34.5 Å². The van der Waals surface area contributed by atoms with Gasteiger partial charge in [-0.05, 0) is 80.8 Å². The molecule has 1 fully saturated rings. The zero-order valence-corrected chi connectivity index (χ0v) is 32.2. The first-order chi connectivity index (χ1) is 26.4. The van der Waals surface area contributed by atoms with E-state index in [0.717, 1.165) is 0 Å². The molecule has 1 amide bonds. The highest BCUT2D eigenvalue weighted by Crippen LogP contribution is 2.52. The maximum absolute atomic E-state index is 14.2. The summed E-state index contributed by atoms with van der Waals surface area (Å²) in [5, 5.41) is 14.6. The minimum Gasteiger partial charge on any atom is -0.497 e. The average Bonchev–Trinajstić information content (AvgIpc) is 3.74. The zero-order chi connectivity index (χ0) is 39.5. The van der Waals surface area contributed by atoms with Gasteiger partial charge in [-0.25, -0.2) is 4.79 Å². The van der Waals surface area contributed by atoms with Gasteiger partial charge in [-0.1, -0.05) is 6.07 Å². The Morgan fingerprint density at radius 2 is 1.38 bits per heavy atom. The predicted molar refractivity (Wildman–Crippen MR) is 197 cm³/mol. The van der Waals surface area contributed by atoms with Gasteiger partial charge in [0, 0.05) is 24.6 Å². The maximum atomic E-state index is 14.2. The molecular weight excluding hydrogens is 718 g/mol. The first-order valence-electron chi connectivity index (χ1n) is 18.0. The lowest BCUT2D eigenvalue weighted by Crippen LogP contribution is -2.35. The Labute approximate surface area is 320 Å². The van der Waals surface area contributed by atoms with Crippen molar-refractivity contribution < 1.29 is 66.8 Å². The van der Waals surface area contributed by atoms with Gasteiger partial charge in [-0.2, -0.15) is 0 Å². The van der Waals surface area contributed by atoms with Crippen molar-refractivity contribution in [3.63, 3.8) is 0 Å². The SMILES string of the molecule is COc1ccc(C2(O)CC(Cc3cc(OC)c(OC)cc3OCCOCCOCCOCCNC(=O)OC(C)(C)C)(c3ccc4c(c3)OCO4)C(=O)O2)cc1. The molecule has 3 aromatic carbocycles. The summed E-state index contributed by atoms with van der Waals surface area (Å²) in [6, 6.07) is 15.4. The van der Waals surface area contributed by atoms with Crippen LogP contribution < -0.4 is 33.7 Å². The smallest absolute Gasteiger partial charge is 0.407 e. The van der Waals surface area contributed by atoms with Crippen LogP contribution in [0.4, 0.5) is 4.79 Å². The van der Waals surface area contributed by atoms with Gasteiger partial charge >= 0.3 is 12.1 Å². The number of carbonyl (C=O) groups is 2. The largest absolute Gasteiger partial charge is 0.497 e. The summed E-state index contributed by atoms with van der Waals surface area (Å²) in [4.78, 5) is 25.9. The molecule has 0 spiro atoms. The molecule has 0 saturated carbocycles. The van der Waals surface area contributed by atoms with Crippen molar-refractivity contribution in [3.05, 3.63) is 71.3 Å². The molecule has 300 valence electrons. The van der Waals surface area contributed by atoms with E-state index in [1.54, 1.807) is 82.5 Å². The second-order valence-electron chi connectivity index (χ2n) is 13.8. The minimum absolute atomic E-state index is 0.0545. The predicted octanol–water partition coefficient (Wildman–Crippen LogP) is 4.67. The van der Waals surface area contributed by atoms with Gasteiger partial charge in [-0.3, -0.25) is 4.79 Å². The van der Waals surface area contributed by atoms with Crippen LogP contribution in [0.15, 0.2) is 54.6 Å². The Hall–Kier alpha value is -4.96. The molecule has 2 heterocycles. The molecule has 55 heavy (non-hydrogen) atoms. The van der Waals surface area contributed by atoms with Crippen LogP contribution in [0.1, 0.15) is 43.9 Å². The van der Waals surface area contributed by atoms with Crippen LogP contribution in [0.2, 0.25) is 0 Å². The lowest BCUT2D eigenvalue weighted by molar-refractivity contribution is -0.193. The lowest BCUT2D eigenvalue weighted by Gasteiger charge is -2.28. The van der Waals surface area contributed by atoms with Crippen LogP contribution in [0.5, 0.6) is 34.5 Å². The van der Waals surface area contributed by atoms with E-state index >= 15 is 0 Å². The number of alkyl carbamates (subject to hydrolysis) is 1. The molecule has 2 N–H and O–H groups in total. The van der Waals surface area contributed by atoms with Crippen LogP contribution in [-0.2, 0) is 46.1 Å². The van der Waals surface area contributed by atoms with E-state index in [2.05, 4.69) is 5.32 Å². The number of hydrogen-bond donors (Lipinski definition) is 2. The summed E-state index contributed by atoms with van der Waals surface area (Å²) in [5.41, 5.74) is -0.373. The van der Waals surface area contributed by atoms with Crippen LogP contribution in [0.25, 0.3) is 0 Å². The van der Waals surface area contributed by atoms with Crippen LogP contribution in [0, 0.1) is 0 Å². The van der Waals surface area contributed by atoms with E-state index in [1.165, 1.54) is 14.2 Å². The van der Waals surface area contributed by atoms with E-state index in [4.69, 9.17) is 52.1 Å². The number of cyclic esters (lactones) is 1. The third kappa shape index (κ3) is 10.6. The Balaban J connectivity index is 1.21. The third-order valence-corrected chi connectivity index (χ3v) is 8.86. The molecule has 1 saturated heterocycles. The highest BCUT2D eigenvalue weighted by Gasteiger charge is 2.58. The maximum Gasteiger partial charge on any atom is 0.407 e. The van der Waals surface area contributed by atoms with Gasteiger partial charge in [0.2, 0.25) is 12.6 Å². The molecule has 0 bridgehead atoms. The van der Waals surface area contributed by atoms with E-state index in [9.17, 15) is 14.7 Å². The fourth-order valence-electron chi connectivity index (χ4n) is 6.22. The summed E-state index contributed by atoms with van der Waals surface area (Å²) in [6.45, 7) is 7.93. The van der Waals surface area contributed by atoms with Crippen molar-refractivity contribution in [1.82, 2.24) is 5.32 Å². The number of amides is 1. The van der Waals surface area contributed by atoms with Gasteiger partial charge in [0.1, 0.15) is 29.1 Å². The number of aliphatic hydroxyl groups is 1. The Kier molecular flexibility index (Phi) is 13.9. The number of nitrogens with one attached hydrogen (secondary N) is 1. The van der Waals surface area contributed by atoms with E-state index < -0.39 is 28.9 Å². The van der Waals surface area contributed by atoms with Crippen LogP contribution >= 0.6 is 0 Å². The van der Waals surface area contributed by atoms with Crippen molar-refractivity contribution in [2.45, 2.75) is 50.4 Å². The molecule has 15 nitrogen and oxygen atoms in total. The molecular formula is C40H51NO14. The van der Waals surface area contributed by atoms with Crippen molar-refractivity contribution in [2.24, 2.45) is 0 Å². The highest BCUT2D eigenvalue weighted by atomic mass is 16.7. The van der Waals surface area contributed by atoms with Crippen LogP contribution in [-0.4, -0.2) is 104 Å². The Morgan fingerprint density at radius 1 is 0.764 bits per heavy atom. The molecule has 2 atom stereocenters. The number of benzene rings is 3. The molecule has 2 unspecified atom stereocenters. The number of esters is 1. The number of rotatable bonds is 20. The molecule has 0 aliphatic carbocycles. The fourth-order valence-corrected chi connectivity index (χ4v) is 6.22. The topological polar surface area (TPSA) is 168 Å². The second-order valence-corrected chi connectivity index (χ2v) is 13.8. The van der Waals surface area contributed by atoms with Gasteiger partial charge in [0.05, 0.1) is 61.0 Å². The Morgan fingerprint density at radius 3 is 2.04 bits per heavy atom. The molecule has 2 aliphatic heterocycles. The molecule has 15 heteroatoms. The minimum atomic E-state index is -1.95. The molecule has 0 aromatic heterocycles. The zero-order valence-electron chi connectivity index (χ0n) is 32.2. The summed E-state index contributed by atoms with van der Waals surface area (Å²) in [6.07, 6.45) is -0.540. The average molecular weight is 770 g/mol. The van der Waals surface area contributed by atoms with E-state index in [1.807, 2.05) is 0 Å². The van der Waals surface area contributed by atoms with Crippen molar-refractivity contribution in [1.29, 1.82) is 0 Å². The fraction of sp³-hybridized carbons (Fsp3) is 0.500. The van der Waals surface area contributed by atoms with Crippen molar-refractivity contribution in [2.75, 3.05) is 80.9 Å². The van der Waals surface area contributed by atoms with Crippen molar-refractivity contribution >= 4 is 12.1 Å². The monoisotopic (exact) mass is 769 g/mol. The molecule has 3 aromatic rings. The number of ether oxygens (including phenoxy) is 11. The normalized spacial score (nSPS) is 18.8. The van der Waals surface area contributed by atoms with Gasteiger partial charge < -0.3 is 62.5 Å². The number of methoxy groups -OCH3 is 3. The quantitative estimate of drug-likeness (QED) is 0.120. The van der Waals surface area contributed by atoms with E-state index in [0.29, 0.717) is 90.8 Å². The van der Waals surface area contributed by atoms with Gasteiger partial charge in [0.15, 0.2) is 23.0 Å². The highest BCUT2D eigenvalue weighted by molar-refractivity contribution is 5.87. The number of hydrogen-bond acceptors (Lipinski definition) is 14. The standard InChI is InChI=1S/C40H51NO14/c1-38(2,3)55-37(43)41-13-14-48-15-16-49-17-18-50-19-20-51-32-23-34(47-6)33(46-5)21-27(32)24-39(29-9-12-31-35(22-29)53-26-52-31)25-40(44,54-36(39)42)28-7-10-30(45-4)11-8-28/h7-12,21-23,44H,13-20,24-26H2,1-6H3,(H,41,43). The summed E-state index contributed by atoms with van der Waals surface area (Å²) >= 11 is 0. The summed E-state index contributed by atoms with van der Waals surface area (Å²) in [7, 11) is 4.59. The van der Waals surface area contributed by atoms with E-state index in [-0.39, 0.29) is 32.8 Å². The van der Waals surface area contributed by atoms with Crippen LogP contribution in [0.3, 0.4) is 0 Å². The molecule has 5 rings (SSSR count). The molecule has 0 radical (unpaired) electrons. The first-order valence-corrected chi connectivity index (χ1v) is 18.0. The third-order valence-electron chi connectivity index (χ3n) is 8.86. The van der Waals surface area contributed by atoms with Gasteiger partial charge in [-0.15, -0.1) is 0 Å². The van der Waals surface area contributed by atoms with Gasteiger partial charge in [0.25, 0.3) is 0 Å². The molecule has 2 aliphatic rings. The summed E-state index contributed by atoms with van der Waals surface area (Å²) < 4.78 is 61.8. The second kappa shape index (κ2) is 18.6. The number of fused-ring (bicyclic) bond motifs is 1. The number of carbonyl (C=O) groups excluding carboxylic acids is 2. The Bertz CT molecular complexity index is 1740. The lowest BCUT2D eigenvalue weighted by atomic mass is 9.71.